The Kier molecular flexibility index (Phi) is 4.66. The molecule has 23 heavy (non-hydrogen) atoms. The number of piperazine rings is 1. The van der Waals surface area contributed by atoms with Gasteiger partial charge in [0.25, 0.3) is 0 Å². The highest BCUT2D eigenvalue weighted by molar-refractivity contribution is 5.74. The molecule has 0 saturated carbocycles. The number of amides is 2. The fraction of sp³-hybridized carbons (Fsp3) is 0.500. The number of hydrogen-bond donors (Lipinski definition) is 1. The molecule has 1 saturated heterocycles. The van der Waals surface area contributed by atoms with Crippen molar-refractivity contribution in [1.29, 1.82) is 0 Å². The highest BCUT2D eigenvalue weighted by Gasteiger charge is 2.31. The van der Waals surface area contributed by atoms with Gasteiger partial charge in [-0.15, -0.1) is 0 Å². The highest BCUT2D eigenvalue weighted by atomic mass is 16.3. The molecular weight excluding hydrogens is 294 g/mol. The lowest BCUT2D eigenvalue weighted by atomic mass is 10.1. The number of likely N-dealkylation sites (N-methyl/N-ethyl adjacent to an activating group) is 1. The summed E-state index contributed by atoms with van der Waals surface area (Å²) in [5, 5.41) is 2.92. The third-order valence-electron chi connectivity index (χ3n) is 4.34. The van der Waals surface area contributed by atoms with Crippen LogP contribution in [0.3, 0.4) is 0 Å². The Hall–Kier alpha value is -2.28. The maximum absolute atomic E-state index is 12.4. The van der Waals surface area contributed by atoms with Crippen LogP contribution in [0.5, 0.6) is 0 Å². The molecule has 0 spiro atoms. The smallest absolute Gasteiger partial charge is 0.317 e. The predicted molar refractivity (Wildman–Crippen MR) is 85.7 cm³/mol. The van der Waals surface area contributed by atoms with E-state index in [9.17, 15) is 4.79 Å². The predicted octanol–water partition coefficient (Wildman–Crippen LogP) is 1.60. The van der Waals surface area contributed by atoms with Gasteiger partial charge in [0.05, 0.1) is 18.8 Å². The number of carbonyl (C=O) groups excluding carboxylic acids is 1. The van der Waals surface area contributed by atoms with E-state index in [0.29, 0.717) is 13.1 Å². The van der Waals surface area contributed by atoms with Gasteiger partial charge in [-0.05, 0) is 18.7 Å². The standard InChI is InChI=1S/C16H23N5O2/c1-3-20-8-9-21(12-14(20)15-17-6-7-19(15)2)16(22)18-11-13-5-4-10-23-13/h4-7,10,14H,3,8-9,11-12H2,1-2H3,(H,18,22)/t14-/m0/s1. The van der Waals surface area contributed by atoms with Gasteiger partial charge in [-0.2, -0.15) is 0 Å². The molecule has 2 amide bonds. The number of furan rings is 1. The van der Waals surface area contributed by atoms with E-state index in [2.05, 4.69) is 22.1 Å². The molecule has 1 N–H and O–H groups in total. The van der Waals surface area contributed by atoms with Crippen LogP contribution in [-0.4, -0.2) is 51.6 Å². The lowest BCUT2D eigenvalue weighted by Crippen LogP contribution is -2.53. The maximum atomic E-state index is 12.4. The quantitative estimate of drug-likeness (QED) is 0.930. The summed E-state index contributed by atoms with van der Waals surface area (Å²) in [6.45, 7) is 5.71. The van der Waals surface area contributed by atoms with E-state index < -0.39 is 0 Å². The topological polar surface area (TPSA) is 66.5 Å². The van der Waals surface area contributed by atoms with Gasteiger partial charge in [-0.25, -0.2) is 9.78 Å². The van der Waals surface area contributed by atoms with E-state index in [-0.39, 0.29) is 12.1 Å². The van der Waals surface area contributed by atoms with E-state index in [1.54, 1.807) is 12.5 Å². The van der Waals surface area contributed by atoms with Gasteiger partial charge < -0.3 is 19.2 Å². The molecule has 1 atom stereocenters. The van der Waals surface area contributed by atoms with Crippen LogP contribution in [0.15, 0.2) is 35.2 Å². The number of hydrogen-bond acceptors (Lipinski definition) is 4. The number of aromatic nitrogens is 2. The third-order valence-corrected chi connectivity index (χ3v) is 4.34. The van der Waals surface area contributed by atoms with Gasteiger partial charge in [-0.3, -0.25) is 4.90 Å². The molecule has 0 aliphatic carbocycles. The Morgan fingerprint density at radius 2 is 2.35 bits per heavy atom. The second-order valence-electron chi connectivity index (χ2n) is 5.72. The average molecular weight is 317 g/mol. The zero-order chi connectivity index (χ0) is 16.2. The number of imidazole rings is 1. The van der Waals surface area contributed by atoms with E-state index in [1.165, 1.54) is 0 Å². The van der Waals surface area contributed by atoms with Crippen molar-refractivity contribution < 1.29 is 9.21 Å². The van der Waals surface area contributed by atoms with Crippen molar-refractivity contribution in [2.45, 2.75) is 19.5 Å². The molecule has 0 aromatic carbocycles. The second kappa shape index (κ2) is 6.87. The summed E-state index contributed by atoms with van der Waals surface area (Å²) in [7, 11) is 1.99. The molecular formula is C16H23N5O2. The largest absolute Gasteiger partial charge is 0.467 e. The van der Waals surface area contributed by atoms with Crippen LogP contribution < -0.4 is 5.32 Å². The van der Waals surface area contributed by atoms with Crippen LogP contribution in [0.2, 0.25) is 0 Å². The van der Waals surface area contributed by atoms with Crippen molar-refractivity contribution in [3.8, 4) is 0 Å². The average Bonchev–Trinajstić information content (AvgIpc) is 3.23. The Morgan fingerprint density at radius 1 is 1.48 bits per heavy atom. The summed E-state index contributed by atoms with van der Waals surface area (Å²) < 4.78 is 7.27. The summed E-state index contributed by atoms with van der Waals surface area (Å²) in [6.07, 6.45) is 5.36. The Morgan fingerprint density at radius 3 is 3.00 bits per heavy atom. The first-order chi connectivity index (χ1) is 11.2. The van der Waals surface area contributed by atoms with Gasteiger partial charge in [0.2, 0.25) is 0 Å². The summed E-state index contributed by atoms with van der Waals surface area (Å²) in [6, 6.07) is 3.74. The summed E-state index contributed by atoms with van der Waals surface area (Å²) in [5.41, 5.74) is 0. The van der Waals surface area contributed by atoms with Crippen LogP contribution in [0.25, 0.3) is 0 Å². The van der Waals surface area contributed by atoms with Gasteiger partial charge >= 0.3 is 6.03 Å². The molecule has 2 aromatic heterocycles. The third kappa shape index (κ3) is 3.39. The first-order valence-electron chi connectivity index (χ1n) is 7.95. The number of rotatable bonds is 4. The van der Waals surface area contributed by atoms with Crippen molar-refractivity contribution in [2.24, 2.45) is 7.05 Å². The zero-order valence-electron chi connectivity index (χ0n) is 13.6. The molecule has 2 aromatic rings. The second-order valence-corrected chi connectivity index (χ2v) is 5.72. The summed E-state index contributed by atoms with van der Waals surface area (Å²) in [4.78, 5) is 21.1. The molecule has 1 fully saturated rings. The highest BCUT2D eigenvalue weighted by Crippen LogP contribution is 2.23. The van der Waals surface area contributed by atoms with Gasteiger partial charge in [-0.1, -0.05) is 6.92 Å². The molecule has 7 nitrogen and oxygen atoms in total. The van der Waals surface area contributed by atoms with Crippen LogP contribution in [0, 0.1) is 0 Å². The maximum Gasteiger partial charge on any atom is 0.317 e. The zero-order valence-corrected chi connectivity index (χ0v) is 13.6. The van der Waals surface area contributed by atoms with Crippen molar-refractivity contribution in [3.05, 3.63) is 42.4 Å². The van der Waals surface area contributed by atoms with E-state index in [0.717, 1.165) is 31.2 Å². The minimum Gasteiger partial charge on any atom is -0.467 e. The number of nitrogens with zero attached hydrogens (tertiary/aromatic N) is 4. The van der Waals surface area contributed by atoms with Gasteiger partial charge in [0.1, 0.15) is 11.6 Å². The number of nitrogens with one attached hydrogen (secondary N) is 1. The fourth-order valence-corrected chi connectivity index (χ4v) is 3.01. The van der Waals surface area contributed by atoms with Crippen LogP contribution >= 0.6 is 0 Å². The molecule has 0 radical (unpaired) electrons. The fourth-order valence-electron chi connectivity index (χ4n) is 3.01. The van der Waals surface area contributed by atoms with Crippen molar-refractivity contribution in [3.63, 3.8) is 0 Å². The molecule has 3 rings (SSSR count). The van der Waals surface area contributed by atoms with E-state index in [4.69, 9.17) is 4.42 Å². The molecule has 124 valence electrons. The number of urea groups is 1. The SMILES string of the molecule is CCN1CCN(C(=O)NCc2ccco2)C[C@H]1c1nccn1C. The van der Waals surface area contributed by atoms with Gasteiger partial charge in [0.15, 0.2) is 0 Å². The lowest BCUT2D eigenvalue weighted by molar-refractivity contribution is 0.0876. The van der Waals surface area contributed by atoms with Crippen LogP contribution in [0.4, 0.5) is 4.79 Å². The Bertz CT molecular complexity index is 637. The first kappa shape index (κ1) is 15.6. The minimum atomic E-state index is -0.0589. The molecule has 3 heterocycles. The monoisotopic (exact) mass is 317 g/mol. The number of carbonyl (C=O) groups is 1. The summed E-state index contributed by atoms with van der Waals surface area (Å²) in [5.74, 6) is 1.75. The van der Waals surface area contributed by atoms with E-state index >= 15 is 0 Å². The van der Waals surface area contributed by atoms with Crippen molar-refractivity contribution in [2.75, 3.05) is 26.2 Å². The Labute approximate surface area is 135 Å². The summed E-state index contributed by atoms with van der Waals surface area (Å²) >= 11 is 0. The molecule has 0 unspecified atom stereocenters. The minimum absolute atomic E-state index is 0.0589. The Balaban J connectivity index is 1.65. The van der Waals surface area contributed by atoms with Crippen molar-refractivity contribution >= 4 is 6.03 Å². The molecule has 0 bridgehead atoms. The van der Waals surface area contributed by atoms with Gasteiger partial charge in [0, 0.05) is 39.1 Å². The first-order valence-corrected chi connectivity index (χ1v) is 7.95. The van der Waals surface area contributed by atoms with Crippen molar-refractivity contribution in [1.82, 2.24) is 24.7 Å². The number of aryl methyl sites for hydroxylation is 1. The lowest BCUT2D eigenvalue weighted by Gasteiger charge is -2.40. The van der Waals surface area contributed by atoms with Crippen LogP contribution in [0.1, 0.15) is 24.6 Å². The van der Waals surface area contributed by atoms with Crippen LogP contribution in [-0.2, 0) is 13.6 Å². The van der Waals surface area contributed by atoms with E-state index in [1.807, 2.05) is 34.8 Å². The molecule has 1 aliphatic rings. The molecule has 1 aliphatic heterocycles. The molecule has 7 heteroatoms. The normalized spacial score (nSPS) is 19.0.